The summed E-state index contributed by atoms with van der Waals surface area (Å²) in [6.07, 6.45) is 11.3. The fraction of sp³-hybridized carbons (Fsp3) is 0.850. The minimum atomic E-state index is -3.37. The summed E-state index contributed by atoms with van der Waals surface area (Å²) < 4.78 is 33.4. The highest BCUT2D eigenvalue weighted by Gasteiger charge is 2.38. The number of ether oxygens (including phenoxy) is 1. The van der Waals surface area contributed by atoms with Gasteiger partial charge in [0.15, 0.2) is 0 Å². The van der Waals surface area contributed by atoms with Crippen molar-refractivity contribution in [1.82, 2.24) is 14.5 Å². The molecule has 27 heavy (non-hydrogen) atoms. The van der Waals surface area contributed by atoms with Crippen molar-refractivity contribution in [3.8, 4) is 0 Å². The third-order valence-corrected chi connectivity index (χ3v) is 8.56. The molecule has 2 aliphatic carbocycles. The van der Waals surface area contributed by atoms with Crippen molar-refractivity contribution in [1.29, 1.82) is 0 Å². The molecular formula is C20H33N3O3S. The number of hydrogen-bond donors (Lipinski definition) is 0. The highest BCUT2D eigenvalue weighted by atomic mass is 32.2. The van der Waals surface area contributed by atoms with Gasteiger partial charge in [-0.2, -0.15) is 0 Å². The van der Waals surface area contributed by atoms with E-state index in [2.05, 4.69) is 9.88 Å². The van der Waals surface area contributed by atoms with Crippen molar-refractivity contribution >= 4 is 9.84 Å². The lowest BCUT2D eigenvalue weighted by atomic mass is 9.91. The standard InChI is InChI=1S/C20H33N3O3S/c1-26-10-9-23-19(14-22-13-17-7-8-18(22)11-17)12-21-20(23)27(24,25)15-16-5-3-2-4-6-16/h12,16-18H,2-11,13-15H2,1H3/t17-,18-/m0/s1. The van der Waals surface area contributed by atoms with Crippen molar-refractivity contribution < 1.29 is 13.2 Å². The molecule has 6 nitrogen and oxygen atoms in total. The average Bonchev–Trinajstić information content (AvgIpc) is 3.36. The van der Waals surface area contributed by atoms with Crippen LogP contribution in [0.5, 0.6) is 0 Å². The number of methoxy groups -OCH3 is 1. The Hall–Kier alpha value is -0.920. The van der Waals surface area contributed by atoms with Crippen LogP contribution in [0.25, 0.3) is 0 Å². The molecule has 4 rings (SSSR count). The summed E-state index contributed by atoms with van der Waals surface area (Å²) in [7, 11) is -1.71. The zero-order valence-corrected chi connectivity index (χ0v) is 17.3. The number of sulfone groups is 1. The van der Waals surface area contributed by atoms with Crippen molar-refractivity contribution in [3.05, 3.63) is 11.9 Å². The quantitative estimate of drug-likeness (QED) is 0.677. The first-order valence-electron chi connectivity index (χ1n) is 10.6. The normalized spacial score (nSPS) is 26.9. The van der Waals surface area contributed by atoms with Crippen LogP contribution >= 0.6 is 0 Å². The van der Waals surface area contributed by atoms with Crippen LogP contribution in [0.2, 0.25) is 0 Å². The maximum atomic E-state index is 13.1. The molecule has 0 amide bonds. The average molecular weight is 396 g/mol. The molecule has 1 aliphatic heterocycles. The molecule has 1 aromatic rings. The largest absolute Gasteiger partial charge is 0.383 e. The number of fused-ring (bicyclic) bond motifs is 2. The van der Waals surface area contributed by atoms with Gasteiger partial charge >= 0.3 is 0 Å². The van der Waals surface area contributed by atoms with E-state index in [9.17, 15) is 8.42 Å². The second-order valence-corrected chi connectivity index (χ2v) is 10.7. The van der Waals surface area contributed by atoms with Crippen LogP contribution in [0.4, 0.5) is 0 Å². The number of hydrogen-bond acceptors (Lipinski definition) is 5. The highest BCUT2D eigenvalue weighted by molar-refractivity contribution is 7.91. The molecule has 2 atom stereocenters. The number of rotatable bonds is 8. The lowest BCUT2D eigenvalue weighted by Crippen LogP contribution is -2.32. The molecule has 3 fully saturated rings. The smallest absolute Gasteiger partial charge is 0.227 e. The van der Waals surface area contributed by atoms with Crippen LogP contribution in [0, 0.1) is 11.8 Å². The van der Waals surface area contributed by atoms with Gasteiger partial charge in [0.2, 0.25) is 15.0 Å². The number of piperidine rings is 1. The van der Waals surface area contributed by atoms with Crippen LogP contribution in [0.1, 0.15) is 57.1 Å². The Kier molecular flexibility index (Phi) is 5.90. The van der Waals surface area contributed by atoms with E-state index >= 15 is 0 Å². The van der Waals surface area contributed by atoms with E-state index in [0.29, 0.717) is 19.2 Å². The van der Waals surface area contributed by atoms with Crippen molar-refractivity contribution in [2.45, 2.75) is 75.7 Å². The van der Waals surface area contributed by atoms with Crippen molar-refractivity contribution in [3.63, 3.8) is 0 Å². The molecule has 2 bridgehead atoms. The fourth-order valence-corrected chi connectivity index (χ4v) is 7.22. The van der Waals surface area contributed by atoms with E-state index in [1.807, 2.05) is 4.57 Å². The topological polar surface area (TPSA) is 64.4 Å². The molecule has 152 valence electrons. The van der Waals surface area contributed by atoms with Gasteiger partial charge in [0.25, 0.3) is 0 Å². The van der Waals surface area contributed by atoms with Gasteiger partial charge in [0, 0.05) is 32.8 Å². The molecule has 0 spiro atoms. The Morgan fingerprint density at radius 2 is 2.00 bits per heavy atom. The van der Waals surface area contributed by atoms with E-state index in [0.717, 1.165) is 50.4 Å². The molecule has 2 heterocycles. The summed E-state index contributed by atoms with van der Waals surface area (Å²) in [4.78, 5) is 6.92. The first-order valence-corrected chi connectivity index (χ1v) is 12.2. The predicted molar refractivity (Wildman–Crippen MR) is 104 cm³/mol. The monoisotopic (exact) mass is 395 g/mol. The van der Waals surface area contributed by atoms with Crippen molar-refractivity contribution in [2.75, 3.05) is 26.0 Å². The first kappa shape index (κ1) is 19.4. The predicted octanol–water partition coefficient (Wildman–Crippen LogP) is 2.87. The molecule has 0 unspecified atom stereocenters. The Morgan fingerprint density at radius 1 is 1.19 bits per heavy atom. The van der Waals surface area contributed by atoms with Gasteiger partial charge < -0.3 is 9.30 Å². The van der Waals surface area contributed by atoms with Crippen LogP contribution in [0.3, 0.4) is 0 Å². The molecule has 1 saturated heterocycles. The van der Waals surface area contributed by atoms with E-state index in [4.69, 9.17) is 4.74 Å². The van der Waals surface area contributed by atoms with E-state index in [1.165, 1.54) is 25.7 Å². The van der Waals surface area contributed by atoms with Gasteiger partial charge in [-0.15, -0.1) is 0 Å². The number of aromatic nitrogens is 2. The van der Waals surface area contributed by atoms with Gasteiger partial charge in [-0.25, -0.2) is 13.4 Å². The molecule has 2 saturated carbocycles. The SMILES string of the molecule is COCCn1c(CN2C[C@H]3CC[C@H]2C3)cnc1S(=O)(=O)CC1CCCCC1. The van der Waals surface area contributed by atoms with Gasteiger partial charge in [0.1, 0.15) is 0 Å². The Balaban J connectivity index is 1.53. The Labute approximate surface area is 163 Å². The summed E-state index contributed by atoms with van der Waals surface area (Å²) in [5.41, 5.74) is 1.02. The Morgan fingerprint density at radius 3 is 2.67 bits per heavy atom. The molecule has 0 N–H and O–H groups in total. The van der Waals surface area contributed by atoms with Gasteiger partial charge in [-0.1, -0.05) is 19.3 Å². The lowest BCUT2D eigenvalue weighted by molar-refractivity contribution is 0.175. The number of imidazole rings is 1. The fourth-order valence-electron chi connectivity index (χ4n) is 5.36. The van der Waals surface area contributed by atoms with Crippen LogP contribution in [-0.4, -0.2) is 54.9 Å². The summed E-state index contributed by atoms with van der Waals surface area (Å²) in [6, 6.07) is 0.670. The third-order valence-electron chi connectivity index (χ3n) is 6.77. The van der Waals surface area contributed by atoms with Crippen LogP contribution < -0.4 is 0 Å². The minimum absolute atomic E-state index is 0.241. The molecule has 0 radical (unpaired) electrons. The second-order valence-electron chi connectivity index (χ2n) is 8.72. The summed E-state index contributed by atoms with van der Waals surface area (Å²) in [6.45, 7) is 3.00. The van der Waals surface area contributed by atoms with Crippen molar-refractivity contribution in [2.24, 2.45) is 11.8 Å². The molecule has 7 heteroatoms. The number of nitrogens with zero attached hydrogens (tertiary/aromatic N) is 3. The van der Waals surface area contributed by atoms with E-state index < -0.39 is 9.84 Å². The summed E-state index contributed by atoms with van der Waals surface area (Å²) >= 11 is 0. The highest BCUT2D eigenvalue weighted by Crippen LogP contribution is 2.38. The van der Waals surface area contributed by atoms with Gasteiger partial charge in [-0.3, -0.25) is 4.90 Å². The van der Waals surface area contributed by atoms with E-state index in [-0.39, 0.29) is 16.8 Å². The summed E-state index contributed by atoms with van der Waals surface area (Å²) in [5.74, 6) is 1.36. The molecular weight excluding hydrogens is 362 g/mol. The Bertz CT molecular complexity index is 740. The minimum Gasteiger partial charge on any atom is -0.383 e. The van der Waals surface area contributed by atoms with Gasteiger partial charge in [-0.05, 0) is 43.9 Å². The second kappa shape index (κ2) is 8.21. The molecule has 0 aromatic carbocycles. The maximum Gasteiger partial charge on any atom is 0.227 e. The van der Waals surface area contributed by atoms with E-state index in [1.54, 1.807) is 13.3 Å². The third kappa shape index (κ3) is 4.25. The number of likely N-dealkylation sites (tertiary alicyclic amines) is 1. The zero-order chi connectivity index (χ0) is 18.9. The van der Waals surface area contributed by atoms with Crippen LogP contribution in [0.15, 0.2) is 11.4 Å². The lowest BCUT2D eigenvalue weighted by Gasteiger charge is -2.27. The molecule has 3 aliphatic rings. The van der Waals surface area contributed by atoms with Gasteiger partial charge in [0.05, 0.1) is 24.3 Å². The first-order chi connectivity index (χ1) is 13.1. The maximum absolute atomic E-state index is 13.1. The summed E-state index contributed by atoms with van der Waals surface area (Å²) in [5, 5.41) is 0.254. The molecule has 1 aromatic heterocycles. The van der Waals surface area contributed by atoms with Crippen LogP contribution in [-0.2, 0) is 27.7 Å². The zero-order valence-electron chi connectivity index (χ0n) is 16.5.